The molecule has 34 heavy (non-hydrogen) atoms. The second kappa shape index (κ2) is 8.92. The highest BCUT2D eigenvalue weighted by atomic mass is 32.2. The molecule has 0 spiro atoms. The van der Waals surface area contributed by atoms with Gasteiger partial charge in [-0.15, -0.1) is 5.10 Å². The molecule has 0 saturated heterocycles. The molecule has 170 valence electrons. The second-order valence-corrected chi connectivity index (χ2v) is 8.74. The summed E-state index contributed by atoms with van der Waals surface area (Å²) in [7, 11) is 1.62. The highest BCUT2D eigenvalue weighted by Crippen LogP contribution is 2.40. The Morgan fingerprint density at radius 2 is 1.94 bits per heavy atom. The topological polar surface area (TPSA) is 155 Å². The Morgan fingerprint density at radius 3 is 2.59 bits per heavy atom. The molecule has 0 saturated carbocycles. The minimum absolute atomic E-state index is 0.0986. The van der Waals surface area contributed by atoms with Crippen LogP contribution in [-0.4, -0.2) is 36.0 Å². The molecule has 0 bridgehead atoms. The van der Waals surface area contributed by atoms with E-state index in [1.165, 1.54) is 46.7 Å². The van der Waals surface area contributed by atoms with Crippen LogP contribution in [0.25, 0.3) is 22.1 Å². The molecule has 5 rings (SSSR count). The Kier molecular flexibility index (Phi) is 5.65. The summed E-state index contributed by atoms with van der Waals surface area (Å²) >= 11 is 2.22. The van der Waals surface area contributed by atoms with Gasteiger partial charge in [0.2, 0.25) is 5.16 Å². The summed E-state index contributed by atoms with van der Waals surface area (Å²) in [5.41, 5.74) is 0.365. The number of thiazole rings is 1. The lowest BCUT2D eigenvalue weighted by Gasteiger charge is -2.05. The fraction of sp³-hybridized carbons (Fsp3) is 0.0500. The van der Waals surface area contributed by atoms with Gasteiger partial charge >= 0.3 is 0 Å². The van der Waals surface area contributed by atoms with Crippen molar-refractivity contribution in [3.05, 3.63) is 70.7 Å². The number of nitro benzene ring substituents is 1. The van der Waals surface area contributed by atoms with E-state index in [4.69, 9.17) is 8.83 Å². The Labute approximate surface area is 198 Å². The molecule has 1 N–H and O–H groups in total. The van der Waals surface area contributed by atoms with Crippen molar-refractivity contribution in [2.45, 2.75) is 10.1 Å². The summed E-state index contributed by atoms with van der Waals surface area (Å²) in [6.07, 6.45) is 3.06. The number of furan rings is 2. The Hall–Kier alpha value is -4.30. The van der Waals surface area contributed by atoms with E-state index in [0.717, 1.165) is 11.8 Å². The Morgan fingerprint density at radius 1 is 1.18 bits per heavy atom. The zero-order valence-electron chi connectivity index (χ0n) is 17.2. The van der Waals surface area contributed by atoms with Crippen LogP contribution in [0.1, 0.15) is 10.4 Å². The van der Waals surface area contributed by atoms with Crippen molar-refractivity contribution < 1.29 is 18.6 Å². The summed E-state index contributed by atoms with van der Waals surface area (Å²) in [6, 6.07) is 11.2. The fourth-order valence-corrected chi connectivity index (χ4v) is 4.74. The van der Waals surface area contributed by atoms with Gasteiger partial charge in [0.25, 0.3) is 11.6 Å². The molecule has 0 radical (unpaired) electrons. The van der Waals surface area contributed by atoms with Gasteiger partial charge in [0, 0.05) is 18.7 Å². The van der Waals surface area contributed by atoms with Gasteiger partial charge in [-0.05, 0) is 58.6 Å². The lowest BCUT2D eigenvalue weighted by Crippen LogP contribution is -2.12. The summed E-state index contributed by atoms with van der Waals surface area (Å²) in [4.78, 5) is 29.4. The number of aromatic nitrogens is 5. The van der Waals surface area contributed by atoms with E-state index < -0.39 is 10.8 Å². The number of benzene rings is 1. The molecular weight excluding hydrogens is 482 g/mol. The Bertz CT molecular complexity index is 1420. The normalized spacial score (nSPS) is 11.0. The first-order valence-electron chi connectivity index (χ1n) is 9.58. The average Bonchev–Trinajstić information content (AvgIpc) is 3.62. The maximum atomic E-state index is 12.9. The van der Waals surface area contributed by atoms with Crippen LogP contribution in [0.4, 0.5) is 10.8 Å². The van der Waals surface area contributed by atoms with E-state index in [1.54, 1.807) is 31.3 Å². The van der Waals surface area contributed by atoms with Gasteiger partial charge in [-0.25, -0.2) is 9.67 Å². The Balaban J connectivity index is 1.43. The standard InChI is InChI=1S/C20H13N7O5S2/c1-26-20(23-24-25-26)33-15-7-6-11(10-12(15)27(29)30)18(28)22-19-21-16(13-4-2-8-31-13)17(34-19)14-5-3-9-32-14/h2-10H,1H3,(H,21,22,28). The lowest BCUT2D eigenvalue weighted by atomic mass is 10.2. The molecule has 0 atom stereocenters. The van der Waals surface area contributed by atoms with Crippen LogP contribution in [0.3, 0.4) is 0 Å². The number of anilines is 1. The first-order valence-corrected chi connectivity index (χ1v) is 11.2. The van der Waals surface area contributed by atoms with Crippen molar-refractivity contribution in [1.29, 1.82) is 0 Å². The highest BCUT2D eigenvalue weighted by Gasteiger charge is 2.23. The molecule has 1 amide bonds. The van der Waals surface area contributed by atoms with Crippen molar-refractivity contribution in [2.75, 3.05) is 5.32 Å². The van der Waals surface area contributed by atoms with Gasteiger partial charge in [-0.3, -0.25) is 20.2 Å². The van der Waals surface area contributed by atoms with Gasteiger partial charge < -0.3 is 8.83 Å². The quantitative estimate of drug-likeness (QED) is 0.252. The van der Waals surface area contributed by atoms with Crippen LogP contribution >= 0.6 is 23.1 Å². The summed E-state index contributed by atoms with van der Waals surface area (Å²) in [6.45, 7) is 0. The van der Waals surface area contributed by atoms with Crippen molar-refractivity contribution in [3.8, 4) is 22.1 Å². The van der Waals surface area contributed by atoms with E-state index in [0.29, 0.717) is 32.1 Å². The predicted molar refractivity (Wildman–Crippen MR) is 121 cm³/mol. The monoisotopic (exact) mass is 495 g/mol. The molecule has 5 aromatic rings. The lowest BCUT2D eigenvalue weighted by molar-refractivity contribution is -0.387. The number of hydrogen-bond donors (Lipinski definition) is 1. The van der Waals surface area contributed by atoms with Crippen LogP contribution in [-0.2, 0) is 7.05 Å². The zero-order chi connectivity index (χ0) is 23.7. The van der Waals surface area contributed by atoms with Gasteiger partial charge in [-0.2, -0.15) is 0 Å². The number of tetrazole rings is 1. The largest absolute Gasteiger partial charge is 0.463 e. The molecule has 4 heterocycles. The molecule has 1 aromatic carbocycles. The van der Waals surface area contributed by atoms with E-state index in [1.807, 2.05) is 0 Å². The van der Waals surface area contributed by atoms with Crippen molar-refractivity contribution in [3.63, 3.8) is 0 Å². The third kappa shape index (κ3) is 4.18. The van der Waals surface area contributed by atoms with Gasteiger partial charge in [0.1, 0.15) is 16.3 Å². The minimum Gasteiger partial charge on any atom is -0.463 e. The number of amides is 1. The minimum atomic E-state index is -0.559. The number of carbonyl (C=O) groups is 1. The average molecular weight is 496 g/mol. The highest BCUT2D eigenvalue weighted by molar-refractivity contribution is 7.99. The smallest absolute Gasteiger partial charge is 0.284 e. The summed E-state index contributed by atoms with van der Waals surface area (Å²) < 4.78 is 12.3. The second-order valence-electron chi connectivity index (χ2n) is 6.73. The molecule has 0 aliphatic heterocycles. The number of nitro groups is 1. The summed E-state index contributed by atoms with van der Waals surface area (Å²) in [5.74, 6) is 0.531. The third-order valence-corrected chi connectivity index (χ3v) is 6.63. The molecule has 0 aliphatic rings. The molecule has 12 nitrogen and oxygen atoms in total. The predicted octanol–water partition coefficient (Wildman–Crippen LogP) is 4.50. The molecule has 0 fully saturated rings. The molecule has 0 unspecified atom stereocenters. The SMILES string of the molecule is Cn1nnnc1Sc1ccc(C(=O)Nc2nc(-c3ccco3)c(-c3ccco3)s2)cc1[N+](=O)[O-]. The first-order chi connectivity index (χ1) is 16.5. The van der Waals surface area contributed by atoms with E-state index in [9.17, 15) is 14.9 Å². The van der Waals surface area contributed by atoms with E-state index >= 15 is 0 Å². The molecule has 4 aromatic heterocycles. The number of carbonyl (C=O) groups excluding carboxylic acids is 1. The van der Waals surface area contributed by atoms with E-state index in [2.05, 4.69) is 25.8 Å². The molecule has 14 heteroatoms. The van der Waals surface area contributed by atoms with E-state index in [-0.39, 0.29) is 16.4 Å². The number of hydrogen-bond acceptors (Lipinski definition) is 11. The number of nitrogens with zero attached hydrogens (tertiary/aromatic N) is 6. The maximum Gasteiger partial charge on any atom is 0.284 e. The maximum absolute atomic E-state index is 12.9. The fourth-order valence-electron chi connectivity index (χ4n) is 2.99. The van der Waals surface area contributed by atoms with Crippen molar-refractivity contribution >= 4 is 39.8 Å². The van der Waals surface area contributed by atoms with Gasteiger partial charge in [0.05, 0.1) is 22.3 Å². The first kappa shape index (κ1) is 21.5. The number of rotatable bonds is 7. The van der Waals surface area contributed by atoms with Crippen LogP contribution in [0.5, 0.6) is 0 Å². The summed E-state index contributed by atoms with van der Waals surface area (Å²) in [5, 5.41) is 26.1. The molecular formula is C20H13N7O5S2. The van der Waals surface area contributed by atoms with Gasteiger partial charge in [0.15, 0.2) is 10.9 Å². The van der Waals surface area contributed by atoms with Gasteiger partial charge in [-0.1, -0.05) is 11.3 Å². The van der Waals surface area contributed by atoms with Crippen LogP contribution < -0.4 is 5.32 Å². The van der Waals surface area contributed by atoms with Crippen molar-refractivity contribution in [1.82, 2.24) is 25.2 Å². The zero-order valence-corrected chi connectivity index (χ0v) is 18.9. The number of aryl methyl sites for hydroxylation is 1. The van der Waals surface area contributed by atoms with Crippen LogP contribution in [0.2, 0.25) is 0 Å². The van der Waals surface area contributed by atoms with Crippen molar-refractivity contribution in [2.24, 2.45) is 7.05 Å². The van der Waals surface area contributed by atoms with Crippen LogP contribution in [0, 0.1) is 10.1 Å². The number of nitrogens with one attached hydrogen (secondary N) is 1. The molecule has 0 aliphatic carbocycles. The van der Waals surface area contributed by atoms with Crippen LogP contribution in [0.15, 0.2) is 73.9 Å². The third-order valence-electron chi connectivity index (χ3n) is 4.55.